The molecule has 1 heterocycles. The number of hydrogen-bond donors (Lipinski definition) is 1. The lowest BCUT2D eigenvalue weighted by Crippen LogP contribution is -2.40. The smallest absolute Gasteiger partial charge is 0.416 e. The maximum Gasteiger partial charge on any atom is 0.416 e. The summed E-state index contributed by atoms with van der Waals surface area (Å²) in [5.41, 5.74) is 2.54. The lowest BCUT2D eigenvalue weighted by molar-refractivity contribution is -0.139. The highest BCUT2D eigenvalue weighted by atomic mass is 19.4. The molecular weight excluding hydrogens is 427 g/mol. The third kappa shape index (κ3) is 6.83. The second kappa shape index (κ2) is 10.7. The van der Waals surface area contributed by atoms with Crippen molar-refractivity contribution in [2.24, 2.45) is 11.8 Å². The molecule has 6 heteroatoms. The van der Waals surface area contributed by atoms with Gasteiger partial charge in [-0.25, -0.2) is 0 Å². The van der Waals surface area contributed by atoms with Crippen molar-refractivity contribution in [1.82, 2.24) is 4.90 Å². The van der Waals surface area contributed by atoms with Crippen molar-refractivity contribution in [2.75, 3.05) is 6.54 Å². The highest BCUT2D eigenvalue weighted by Crippen LogP contribution is 2.43. The number of rotatable bonds is 8. The lowest BCUT2D eigenvalue weighted by Gasteiger charge is -2.44. The largest absolute Gasteiger partial charge is 0.481 e. The van der Waals surface area contributed by atoms with Gasteiger partial charge in [0.25, 0.3) is 0 Å². The Bertz CT molecular complexity index is 906. The predicted octanol–water partition coefficient (Wildman–Crippen LogP) is 7.42. The van der Waals surface area contributed by atoms with Crippen LogP contribution in [-0.4, -0.2) is 22.5 Å². The molecule has 3 nitrogen and oxygen atoms in total. The van der Waals surface area contributed by atoms with E-state index in [0.29, 0.717) is 5.92 Å². The summed E-state index contributed by atoms with van der Waals surface area (Å²) in [4.78, 5) is 13.8. The summed E-state index contributed by atoms with van der Waals surface area (Å²) < 4.78 is 39.4. The third-order valence-corrected chi connectivity index (χ3v) is 6.72. The second-order valence-corrected chi connectivity index (χ2v) is 9.76. The van der Waals surface area contributed by atoms with Gasteiger partial charge in [0, 0.05) is 18.5 Å². The van der Waals surface area contributed by atoms with Crippen LogP contribution >= 0.6 is 0 Å². The van der Waals surface area contributed by atoms with E-state index in [1.807, 2.05) is 6.92 Å². The summed E-state index contributed by atoms with van der Waals surface area (Å²) in [7, 11) is 0. The summed E-state index contributed by atoms with van der Waals surface area (Å²) in [6.45, 7) is 7.06. The predicted molar refractivity (Wildman–Crippen MR) is 124 cm³/mol. The minimum atomic E-state index is -4.36. The number of alkyl halides is 3. The Morgan fingerprint density at radius 2 is 1.70 bits per heavy atom. The Morgan fingerprint density at radius 1 is 1.06 bits per heavy atom. The zero-order chi connectivity index (χ0) is 24.2. The average Bonchev–Trinajstić information content (AvgIpc) is 2.74. The van der Waals surface area contributed by atoms with E-state index in [1.54, 1.807) is 12.1 Å². The van der Waals surface area contributed by atoms with Gasteiger partial charge >= 0.3 is 12.1 Å². The van der Waals surface area contributed by atoms with E-state index in [4.69, 9.17) is 0 Å². The summed E-state index contributed by atoms with van der Waals surface area (Å²) in [5.74, 6) is -0.220. The minimum absolute atomic E-state index is 0.0215. The van der Waals surface area contributed by atoms with Gasteiger partial charge < -0.3 is 5.11 Å². The van der Waals surface area contributed by atoms with E-state index in [-0.39, 0.29) is 24.4 Å². The van der Waals surface area contributed by atoms with Gasteiger partial charge in [0.15, 0.2) is 0 Å². The number of carboxylic acids is 1. The molecule has 0 aromatic heterocycles. The van der Waals surface area contributed by atoms with Crippen molar-refractivity contribution in [3.05, 3.63) is 70.8 Å². The van der Waals surface area contributed by atoms with Crippen LogP contribution in [0.1, 0.15) is 80.3 Å². The zero-order valence-corrected chi connectivity index (χ0v) is 19.6. The SMILES string of the molecule is Cc1ccc([C@@H]2C[C@H](CC(=O)O)CCN2[C@H](CCC(C)C)c2ccc(C(F)(F)F)cc2)cc1. The Hall–Kier alpha value is -2.34. The molecule has 0 aliphatic carbocycles. The summed E-state index contributed by atoms with van der Waals surface area (Å²) >= 11 is 0. The van der Waals surface area contributed by atoms with Gasteiger partial charge in [0.2, 0.25) is 0 Å². The second-order valence-electron chi connectivity index (χ2n) is 9.76. The van der Waals surface area contributed by atoms with Crippen molar-refractivity contribution in [1.29, 1.82) is 0 Å². The molecule has 2 aromatic rings. The Balaban J connectivity index is 1.96. The molecule has 1 fully saturated rings. The monoisotopic (exact) mass is 461 g/mol. The molecule has 0 amide bonds. The molecule has 0 radical (unpaired) electrons. The maximum atomic E-state index is 13.1. The van der Waals surface area contributed by atoms with E-state index < -0.39 is 17.7 Å². The molecule has 1 aliphatic heterocycles. The van der Waals surface area contributed by atoms with Crippen molar-refractivity contribution in [3.63, 3.8) is 0 Å². The highest BCUT2D eigenvalue weighted by Gasteiger charge is 2.36. The molecule has 0 saturated carbocycles. The number of aryl methyl sites for hydroxylation is 1. The number of likely N-dealkylation sites (tertiary alicyclic amines) is 1. The average molecular weight is 462 g/mol. The van der Waals surface area contributed by atoms with Crippen LogP contribution in [0.4, 0.5) is 13.2 Å². The molecule has 180 valence electrons. The molecule has 0 unspecified atom stereocenters. The van der Waals surface area contributed by atoms with E-state index >= 15 is 0 Å². The third-order valence-electron chi connectivity index (χ3n) is 6.72. The number of hydrogen-bond acceptors (Lipinski definition) is 2. The topological polar surface area (TPSA) is 40.5 Å². The first-order valence-electron chi connectivity index (χ1n) is 11.8. The van der Waals surface area contributed by atoms with E-state index in [1.165, 1.54) is 12.1 Å². The van der Waals surface area contributed by atoms with Crippen LogP contribution in [-0.2, 0) is 11.0 Å². The van der Waals surface area contributed by atoms with Crippen molar-refractivity contribution in [2.45, 2.75) is 71.1 Å². The van der Waals surface area contributed by atoms with Gasteiger partial charge in [0.1, 0.15) is 0 Å². The lowest BCUT2D eigenvalue weighted by atomic mass is 9.82. The van der Waals surface area contributed by atoms with E-state index in [2.05, 4.69) is 43.0 Å². The Morgan fingerprint density at radius 3 is 2.24 bits per heavy atom. The summed E-state index contributed by atoms with van der Waals surface area (Å²) in [6, 6.07) is 13.9. The van der Waals surface area contributed by atoms with E-state index in [9.17, 15) is 23.1 Å². The van der Waals surface area contributed by atoms with Gasteiger partial charge in [-0.1, -0.05) is 55.8 Å². The zero-order valence-electron chi connectivity index (χ0n) is 19.6. The van der Waals surface area contributed by atoms with Crippen molar-refractivity contribution >= 4 is 5.97 Å². The fourth-order valence-corrected chi connectivity index (χ4v) is 4.89. The molecule has 0 spiro atoms. The minimum Gasteiger partial charge on any atom is -0.481 e. The summed E-state index contributed by atoms with van der Waals surface area (Å²) in [6.07, 6.45) is -0.906. The van der Waals surface area contributed by atoms with Crippen LogP contribution in [0.2, 0.25) is 0 Å². The molecule has 3 rings (SSSR count). The molecular formula is C27H34F3NO2. The number of carbonyl (C=O) groups is 1. The standard InChI is InChI=1S/C27H34F3NO2/c1-18(2)4-13-24(21-9-11-23(12-10-21)27(28,29)30)31-15-14-20(17-26(32)33)16-25(31)22-7-5-19(3)6-8-22/h5-12,18,20,24-25H,4,13-17H2,1-3H3,(H,32,33)/t20-,24-,25+/m1/s1. The summed E-state index contributed by atoms with van der Waals surface area (Å²) in [5, 5.41) is 9.34. The maximum absolute atomic E-state index is 13.1. The fraction of sp³-hybridized carbons (Fsp3) is 0.519. The van der Waals surface area contributed by atoms with Gasteiger partial charge in [-0.2, -0.15) is 13.2 Å². The molecule has 1 saturated heterocycles. The van der Waals surface area contributed by atoms with Crippen LogP contribution < -0.4 is 0 Å². The van der Waals surface area contributed by atoms with Crippen LogP contribution in [0.5, 0.6) is 0 Å². The Kier molecular flexibility index (Phi) is 8.22. The van der Waals surface area contributed by atoms with Crippen LogP contribution in [0, 0.1) is 18.8 Å². The number of benzene rings is 2. The van der Waals surface area contributed by atoms with Crippen LogP contribution in [0.15, 0.2) is 48.5 Å². The molecule has 1 aliphatic rings. The molecule has 2 aromatic carbocycles. The first kappa shape index (κ1) is 25.3. The number of carboxylic acid groups (broad SMARTS) is 1. The van der Waals surface area contributed by atoms with Gasteiger partial charge in [-0.3, -0.25) is 9.69 Å². The first-order chi connectivity index (χ1) is 15.5. The number of aliphatic carboxylic acids is 1. The number of piperidine rings is 1. The molecule has 1 N–H and O–H groups in total. The molecule has 0 bridgehead atoms. The number of halogens is 3. The Labute approximate surface area is 194 Å². The normalized spacial score (nSPS) is 20.7. The first-order valence-corrected chi connectivity index (χ1v) is 11.8. The quantitative estimate of drug-likeness (QED) is 0.445. The van der Waals surface area contributed by atoms with Crippen molar-refractivity contribution < 1.29 is 23.1 Å². The molecule has 3 atom stereocenters. The van der Waals surface area contributed by atoms with Gasteiger partial charge in [-0.05, 0) is 74.2 Å². The van der Waals surface area contributed by atoms with E-state index in [0.717, 1.165) is 48.9 Å². The van der Waals surface area contributed by atoms with Crippen LogP contribution in [0.3, 0.4) is 0 Å². The van der Waals surface area contributed by atoms with Crippen LogP contribution in [0.25, 0.3) is 0 Å². The molecule has 33 heavy (non-hydrogen) atoms. The highest BCUT2D eigenvalue weighted by molar-refractivity contribution is 5.67. The fourth-order valence-electron chi connectivity index (χ4n) is 4.89. The van der Waals surface area contributed by atoms with Gasteiger partial charge in [-0.15, -0.1) is 0 Å². The number of nitrogens with zero attached hydrogens (tertiary/aromatic N) is 1. The van der Waals surface area contributed by atoms with Crippen molar-refractivity contribution in [3.8, 4) is 0 Å². The van der Waals surface area contributed by atoms with Gasteiger partial charge in [0.05, 0.1) is 5.56 Å².